The van der Waals surface area contributed by atoms with Gasteiger partial charge in [0.1, 0.15) is 6.07 Å². The molecule has 0 aliphatic heterocycles. The summed E-state index contributed by atoms with van der Waals surface area (Å²) < 4.78 is 33.2. The highest BCUT2D eigenvalue weighted by atomic mass is 19.4. The van der Waals surface area contributed by atoms with E-state index in [1.165, 1.54) is 22.0 Å². The van der Waals surface area contributed by atoms with Crippen molar-refractivity contribution in [2.45, 2.75) is 31.5 Å². The number of hydrogen-bond acceptors (Lipinski definition) is 7. The van der Waals surface area contributed by atoms with E-state index in [0.29, 0.717) is 23.5 Å². The fourth-order valence-electron chi connectivity index (χ4n) is 4.05. The van der Waals surface area contributed by atoms with Crippen LogP contribution in [0.4, 0.5) is 19.0 Å². The lowest BCUT2D eigenvalue weighted by Crippen LogP contribution is -2.54. The largest absolute Gasteiger partial charge is 0.490 e. The molecule has 0 spiro atoms. The number of nitrogens with zero attached hydrogens (tertiary/aromatic N) is 5. The number of carbonyl (C=O) groups is 3. The lowest BCUT2D eigenvalue weighted by molar-refractivity contribution is -0.192. The maximum absolute atomic E-state index is 12.6. The number of likely N-dealkylation sites (N-methyl/N-ethyl adjacent to an activating group) is 1. The first-order chi connectivity index (χ1) is 18.8. The second kappa shape index (κ2) is 12.0. The number of carboxylic acid groups (broad SMARTS) is 1. The quantitative estimate of drug-likeness (QED) is 0.404. The van der Waals surface area contributed by atoms with Gasteiger partial charge in [0.25, 0.3) is 0 Å². The van der Waals surface area contributed by atoms with Gasteiger partial charge in [0.05, 0.1) is 5.56 Å². The van der Waals surface area contributed by atoms with Gasteiger partial charge in [-0.05, 0) is 57.1 Å². The van der Waals surface area contributed by atoms with Crippen LogP contribution in [0.5, 0.6) is 0 Å². The number of halogens is 3. The average molecular weight is 558 g/mol. The first-order valence-corrected chi connectivity index (χ1v) is 11.8. The van der Waals surface area contributed by atoms with E-state index >= 15 is 0 Å². The average Bonchev–Trinajstić information content (AvgIpc) is 3.48. The van der Waals surface area contributed by atoms with Gasteiger partial charge in [-0.1, -0.05) is 24.3 Å². The predicted octanol–water partition coefficient (Wildman–Crippen LogP) is 2.23. The number of aryl methyl sites for hydroxylation is 1. The third-order valence-electron chi connectivity index (χ3n) is 6.37. The van der Waals surface area contributed by atoms with Crippen LogP contribution < -0.4 is 10.6 Å². The van der Waals surface area contributed by atoms with Crippen molar-refractivity contribution in [1.82, 2.24) is 25.0 Å². The number of aromatic nitrogens is 3. The number of benzene rings is 1. The van der Waals surface area contributed by atoms with E-state index in [-0.39, 0.29) is 11.4 Å². The monoisotopic (exact) mass is 557 g/mol. The third kappa shape index (κ3) is 7.00. The molecule has 0 atom stereocenters. The highest BCUT2D eigenvalue weighted by Crippen LogP contribution is 2.33. The van der Waals surface area contributed by atoms with Crippen LogP contribution in [0.25, 0.3) is 5.82 Å². The number of aliphatic carboxylic acids is 1. The molecule has 3 aromatic rings. The van der Waals surface area contributed by atoms with Gasteiger partial charge in [0.2, 0.25) is 0 Å². The van der Waals surface area contributed by atoms with E-state index in [4.69, 9.17) is 15.2 Å². The molecule has 0 saturated carbocycles. The lowest BCUT2D eigenvalue weighted by Gasteiger charge is -2.36. The van der Waals surface area contributed by atoms with E-state index in [1.54, 1.807) is 25.3 Å². The number of anilines is 1. The third-order valence-corrected chi connectivity index (χ3v) is 6.37. The molecule has 3 N–H and O–H groups in total. The summed E-state index contributed by atoms with van der Waals surface area (Å²) in [7, 11) is 3.98. The smallest absolute Gasteiger partial charge is 0.475 e. The number of rotatable bonds is 5. The molecule has 4 rings (SSSR count). The van der Waals surface area contributed by atoms with Gasteiger partial charge in [0, 0.05) is 30.0 Å². The summed E-state index contributed by atoms with van der Waals surface area (Å²) in [6.07, 6.45) is -0.336. The first-order valence-electron chi connectivity index (χ1n) is 11.8. The Labute approximate surface area is 227 Å². The molecule has 0 radical (unpaired) electrons. The Balaban J connectivity index is 0.000000559. The van der Waals surface area contributed by atoms with Gasteiger partial charge in [-0.25, -0.2) is 14.5 Å². The molecule has 40 heavy (non-hydrogen) atoms. The molecule has 0 fully saturated rings. The fourth-order valence-corrected chi connectivity index (χ4v) is 4.05. The number of hydrogen-bond donors (Lipinski definition) is 3. The molecule has 2 amide bonds. The van der Waals surface area contributed by atoms with E-state index < -0.39 is 24.0 Å². The second-order valence-electron chi connectivity index (χ2n) is 9.30. The molecule has 1 aliphatic rings. The molecule has 2 heterocycles. The summed E-state index contributed by atoms with van der Waals surface area (Å²) >= 11 is 0. The van der Waals surface area contributed by atoms with Crippen LogP contribution in [0, 0.1) is 18.3 Å². The molecule has 210 valence electrons. The Morgan fingerprint density at radius 3 is 2.20 bits per heavy atom. The fraction of sp³-hybridized carbons (Fsp3) is 0.308. The molecule has 1 aromatic carbocycles. The Hall–Kier alpha value is -4.77. The summed E-state index contributed by atoms with van der Waals surface area (Å²) in [6, 6.07) is 13.6. The SMILES string of the molecule is Cc1cn(-c2ccc(C#N)cn2)nc1NC(=O)C(=O)NCC1(N(C)C)Cc2ccccc2C1.O=C(O)C(F)(F)F. The van der Waals surface area contributed by atoms with Crippen molar-refractivity contribution in [2.75, 3.05) is 26.0 Å². The van der Waals surface area contributed by atoms with Gasteiger partial charge >= 0.3 is 24.0 Å². The minimum atomic E-state index is -5.08. The first kappa shape index (κ1) is 29.8. The van der Waals surface area contributed by atoms with Crippen LogP contribution in [-0.4, -0.2) is 74.9 Å². The molecule has 11 nitrogen and oxygen atoms in total. The van der Waals surface area contributed by atoms with Crippen molar-refractivity contribution in [1.29, 1.82) is 5.26 Å². The van der Waals surface area contributed by atoms with Crippen molar-refractivity contribution < 1.29 is 32.7 Å². The molecule has 0 unspecified atom stereocenters. The zero-order valence-corrected chi connectivity index (χ0v) is 21.8. The Kier molecular flexibility index (Phi) is 8.90. The van der Waals surface area contributed by atoms with Crippen molar-refractivity contribution in [3.05, 3.63) is 71.0 Å². The van der Waals surface area contributed by atoms with Gasteiger partial charge in [-0.15, -0.1) is 5.10 Å². The standard InChI is InChI=1S/C24H25N7O2.C2HF3O2/c1-16-14-31(20-9-8-17(12-25)13-26-20)29-21(16)28-23(33)22(32)27-15-24(30(2)3)10-18-6-4-5-7-19(18)11-24;3-2(4,5)1(6)7/h4-9,13-14H,10-11,15H2,1-3H3,(H,27,32)(H,28,29,33);(H,6,7). The number of pyridine rings is 1. The highest BCUT2D eigenvalue weighted by Gasteiger charge is 2.40. The molecule has 2 aromatic heterocycles. The number of carbonyl (C=O) groups excluding carboxylic acids is 2. The van der Waals surface area contributed by atoms with Crippen LogP contribution >= 0.6 is 0 Å². The number of nitrogens with one attached hydrogen (secondary N) is 2. The van der Waals surface area contributed by atoms with Crippen LogP contribution in [0.15, 0.2) is 48.8 Å². The predicted molar refractivity (Wildman–Crippen MR) is 136 cm³/mol. The summed E-state index contributed by atoms with van der Waals surface area (Å²) in [5.74, 6) is -3.47. The summed E-state index contributed by atoms with van der Waals surface area (Å²) in [4.78, 5) is 40.3. The maximum Gasteiger partial charge on any atom is 0.490 e. The lowest BCUT2D eigenvalue weighted by atomic mass is 9.94. The number of amides is 2. The number of fused-ring (bicyclic) bond motifs is 1. The molecular weight excluding hydrogens is 531 g/mol. The summed E-state index contributed by atoms with van der Waals surface area (Å²) in [5.41, 5.74) is 3.37. The molecule has 0 saturated heterocycles. The van der Waals surface area contributed by atoms with E-state index in [9.17, 15) is 22.8 Å². The van der Waals surface area contributed by atoms with Gasteiger partial charge < -0.3 is 20.6 Å². The van der Waals surface area contributed by atoms with Crippen LogP contribution in [0.3, 0.4) is 0 Å². The molecule has 0 bridgehead atoms. The van der Waals surface area contributed by atoms with E-state index in [0.717, 1.165) is 12.8 Å². The van der Waals surface area contributed by atoms with E-state index in [1.807, 2.05) is 32.3 Å². The number of nitriles is 1. The highest BCUT2D eigenvalue weighted by molar-refractivity contribution is 6.39. The topological polar surface area (TPSA) is 153 Å². The van der Waals surface area contributed by atoms with Crippen molar-refractivity contribution in [3.8, 4) is 11.9 Å². The number of alkyl halides is 3. The zero-order chi connectivity index (χ0) is 29.7. The molecule has 1 aliphatic carbocycles. The van der Waals surface area contributed by atoms with Crippen molar-refractivity contribution in [2.24, 2.45) is 0 Å². The minimum absolute atomic E-state index is 0.275. The zero-order valence-electron chi connectivity index (χ0n) is 21.8. The Morgan fingerprint density at radius 1 is 1.12 bits per heavy atom. The van der Waals surface area contributed by atoms with Gasteiger partial charge in [0.15, 0.2) is 11.6 Å². The summed E-state index contributed by atoms with van der Waals surface area (Å²) in [6.45, 7) is 2.13. The molecular formula is C26H26F3N7O4. The van der Waals surface area contributed by atoms with Crippen LogP contribution in [0.2, 0.25) is 0 Å². The van der Waals surface area contributed by atoms with E-state index in [2.05, 4.69) is 37.7 Å². The van der Waals surface area contributed by atoms with Crippen LogP contribution in [0.1, 0.15) is 22.3 Å². The maximum atomic E-state index is 12.6. The summed E-state index contributed by atoms with van der Waals surface area (Å²) in [5, 5.41) is 25.7. The van der Waals surface area contributed by atoms with Crippen molar-refractivity contribution in [3.63, 3.8) is 0 Å². The van der Waals surface area contributed by atoms with Gasteiger partial charge in [-0.2, -0.15) is 18.4 Å². The molecule has 14 heteroatoms. The Bertz CT molecular complexity index is 1420. The second-order valence-corrected chi connectivity index (χ2v) is 9.30. The van der Waals surface area contributed by atoms with Crippen LogP contribution in [-0.2, 0) is 27.2 Å². The van der Waals surface area contributed by atoms with Gasteiger partial charge in [-0.3, -0.25) is 9.59 Å². The Morgan fingerprint density at radius 2 is 1.73 bits per heavy atom. The normalized spacial score (nSPS) is 13.4. The minimum Gasteiger partial charge on any atom is -0.475 e. The van der Waals surface area contributed by atoms with Crippen molar-refractivity contribution >= 4 is 23.6 Å². The number of carboxylic acids is 1.